The van der Waals surface area contributed by atoms with Gasteiger partial charge in [-0.05, 0) is 49.6 Å². The van der Waals surface area contributed by atoms with Gasteiger partial charge in [0.1, 0.15) is 11.6 Å². The van der Waals surface area contributed by atoms with E-state index in [0.717, 1.165) is 35.2 Å². The number of hydrogen-bond donors (Lipinski definition) is 2. The molecule has 0 radical (unpaired) electrons. The van der Waals surface area contributed by atoms with Crippen molar-refractivity contribution in [3.63, 3.8) is 0 Å². The SMILES string of the molecule is Cc1ccc2c(c1)[C@]1(C(=O)N2)N(c2cccc(NCc3ccccc3)n2)C(=O)[C@@H]2CCCN21. The maximum atomic E-state index is 13.7. The van der Waals surface area contributed by atoms with Gasteiger partial charge in [-0.25, -0.2) is 4.98 Å². The fourth-order valence-corrected chi connectivity index (χ4v) is 5.46. The fourth-order valence-electron chi connectivity index (χ4n) is 5.46. The molecule has 2 N–H and O–H groups in total. The molecule has 166 valence electrons. The number of fused-ring (bicyclic) bond motifs is 4. The lowest BCUT2D eigenvalue weighted by Gasteiger charge is -2.37. The zero-order chi connectivity index (χ0) is 22.6. The second-order valence-corrected chi connectivity index (χ2v) is 8.92. The molecule has 33 heavy (non-hydrogen) atoms. The van der Waals surface area contributed by atoms with Gasteiger partial charge < -0.3 is 10.6 Å². The second-order valence-electron chi connectivity index (χ2n) is 8.92. The summed E-state index contributed by atoms with van der Waals surface area (Å²) >= 11 is 0. The first-order valence-corrected chi connectivity index (χ1v) is 11.4. The standard InChI is InChI=1S/C26H25N5O2/c1-17-12-13-20-19(15-17)26(25(33)28-20)30-14-6-9-21(30)24(32)31(26)23-11-5-10-22(29-23)27-16-18-7-3-2-4-8-18/h2-5,7-8,10-13,15,21H,6,9,14,16H2,1H3,(H,27,29)(H,28,33)/t21-,26+/m0/s1. The molecule has 2 atom stereocenters. The predicted molar refractivity (Wildman–Crippen MR) is 127 cm³/mol. The van der Waals surface area contributed by atoms with E-state index in [1.165, 1.54) is 0 Å². The van der Waals surface area contributed by atoms with Gasteiger partial charge in [0.2, 0.25) is 11.6 Å². The molecule has 2 amide bonds. The van der Waals surface area contributed by atoms with E-state index in [0.29, 0.717) is 24.7 Å². The number of pyridine rings is 1. The van der Waals surface area contributed by atoms with Crippen molar-refractivity contribution >= 4 is 29.1 Å². The molecule has 1 spiro atoms. The molecule has 3 aliphatic rings. The summed E-state index contributed by atoms with van der Waals surface area (Å²) in [7, 11) is 0. The first kappa shape index (κ1) is 19.9. The van der Waals surface area contributed by atoms with Crippen molar-refractivity contribution in [2.75, 3.05) is 22.1 Å². The van der Waals surface area contributed by atoms with Crippen molar-refractivity contribution < 1.29 is 9.59 Å². The summed E-state index contributed by atoms with van der Waals surface area (Å²) in [6.45, 7) is 3.32. The number of anilines is 3. The molecule has 1 aromatic heterocycles. The van der Waals surface area contributed by atoms with E-state index < -0.39 is 5.66 Å². The van der Waals surface area contributed by atoms with Gasteiger partial charge in [0.25, 0.3) is 5.91 Å². The molecule has 0 unspecified atom stereocenters. The Labute approximate surface area is 192 Å². The van der Waals surface area contributed by atoms with Gasteiger partial charge in [-0.15, -0.1) is 0 Å². The third kappa shape index (κ3) is 2.89. The van der Waals surface area contributed by atoms with Crippen molar-refractivity contribution in [1.82, 2.24) is 9.88 Å². The van der Waals surface area contributed by atoms with Gasteiger partial charge >= 0.3 is 0 Å². The Balaban J connectivity index is 1.44. The topological polar surface area (TPSA) is 77.6 Å². The molecule has 3 aromatic rings. The summed E-state index contributed by atoms with van der Waals surface area (Å²) in [5.41, 5.74) is 2.57. The molecule has 3 aliphatic heterocycles. The highest BCUT2D eigenvalue weighted by molar-refractivity contribution is 6.16. The first-order chi connectivity index (χ1) is 16.1. The Morgan fingerprint density at radius 3 is 2.79 bits per heavy atom. The van der Waals surface area contributed by atoms with Gasteiger partial charge in [-0.3, -0.25) is 19.4 Å². The minimum absolute atomic E-state index is 0.0651. The highest BCUT2D eigenvalue weighted by Gasteiger charge is 2.67. The molecule has 0 bridgehead atoms. The highest BCUT2D eigenvalue weighted by atomic mass is 16.2. The Morgan fingerprint density at radius 1 is 1.09 bits per heavy atom. The monoisotopic (exact) mass is 439 g/mol. The minimum Gasteiger partial charge on any atom is -0.366 e. The number of carbonyl (C=O) groups excluding carboxylic acids is 2. The number of hydrogen-bond acceptors (Lipinski definition) is 5. The van der Waals surface area contributed by atoms with E-state index >= 15 is 0 Å². The molecule has 4 heterocycles. The van der Waals surface area contributed by atoms with Gasteiger partial charge in [0.15, 0.2) is 0 Å². The number of aryl methyl sites for hydroxylation is 1. The maximum Gasteiger partial charge on any atom is 0.271 e. The molecule has 6 rings (SSSR count). The summed E-state index contributed by atoms with van der Waals surface area (Å²) in [4.78, 5) is 35.9. The van der Waals surface area contributed by atoms with Crippen LogP contribution in [0.1, 0.15) is 29.5 Å². The predicted octanol–water partition coefficient (Wildman–Crippen LogP) is 3.62. The number of benzene rings is 2. The molecular formula is C26H25N5O2. The lowest BCUT2D eigenvalue weighted by atomic mass is 9.96. The Kier molecular flexibility index (Phi) is 4.48. The van der Waals surface area contributed by atoms with Crippen molar-refractivity contribution in [3.05, 3.63) is 83.4 Å². The van der Waals surface area contributed by atoms with Crippen molar-refractivity contribution in [2.45, 2.75) is 38.0 Å². The number of nitrogens with zero attached hydrogens (tertiary/aromatic N) is 3. The van der Waals surface area contributed by atoms with Gasteiger partial charge in [-0.1, -0.05) is 48.0 Å². The van der Waals surface area contributed by atoms with Crippen LogP contribution in [0, 0.1) is 6.92 Å². The zero-order valence-electron chi connectivity index (χ0n) is 18.4. The normalized spacial score (nSPS) is 23.7. The summed E-state index contributed by atoms with van der Waals surface area (Å²) < 4.78 is 0. The van der Waals surface area contributed by atoms with E-state index in [1.54, 1.807) is 4.90 Å². The molecule has 2 fully saturated rings. The van der Waals surface area contributed by atoms with Gasteiger partial charge in [0.05, 0.1) is 6.04 Å². The zero-order valence-corrected chi connectivity index (χ0v) is 18.4. The lowest BCUT2D eigenvalue weighted by Crippen LogP contribution is -2.56. The van der Waals surface area contributed by atoms with Gasteiger partial charge in [-0.2, -0.15) is 0 Å². The van der Waals surface area contributed by atoms with Crippen LogP contribution in [0.2, 0.25) is 0 Å². The second kappa shape index (κ2) is 7.42. The van der Waals surface area contributed by atoms with E-state index in [1.807, 2.05) is 73.7 Å². The molecule has 2 saturated heterocycles. The third-order valence-electron chi connectivity index (χ3n) is 6.89. The molecule has 0 saturated carbocycles. The first-order valence-electron chi connectivity index (χ1n) is 11.4. The van der Waals surface area contributed by atoms with Crippen LogP contribution >= 0.6 is 0 Å². The summed E-state index contributed by atoms with van der Waals surface area (Å²) in [5.74, 6) is 0.890. The number of rotatable bonds is 4. The number of aromatic nitrogens is 1. The third-order valence-corrected chi connectivity index (χ3v) is 6.89. The van der Waals surface area contributed by atoms with Crippen molar-refractivity contribution in [2.24, 2.45) is 0 Å². The fraction of sp³-hybridized carbons (Fsp3) is 0.269. The molecule has 2 aromatic carbocycles. The van der Waals surface area contributed by atoms with Crippen LogP contribution in [0.5, 0.6) is 0 Å². The van der Waals surface area contributed by atoms with Crippen LogP contribution in [-0.4, -0.2) is 34.3 Å². The van der Waals surface area contributed by atoms with Crippen molar-refractivity contribution in [1.29, 1.82) is 0 Å². The largest absolute Gasteiger partial charge is 0.366 e. The number of amides is 2. The molecule has 7 nitrogen and oxygen atoms in total. The van der Waals surface area contributed by atoms with Crippen LogP contribution < -0.4 is 15.5 Å². The Hall–Kier alpha value is -3.71. The molecule has 0 aliphatic carbocycles. The molecule has 7 heteroatoms. The smallest absolute Gasteiger partial charge is 0.271 e. The Bertz CT molecular complexity index is 1260. The summed E-state index contributed by atoms with van der Waals surface area (Å²) in [6.07, 6.45) is 1.64. The van der Waals surface area contributed by atoms with Crippen LogP contribution in [0.3, 0.4) is 0 Å². The summed E-state index contributed by atoms with van der Waals surface area (Å²) in [5, 5.41) is 6.38. The van der Waals surface area contributed by atoms with Crippen LogP contribution in [0.4, 0.5) is 17.3 Å². The van der Waals surface area contributed by atoms with Gasteiger partial charge in [0, 0.05) is 24.3 Å². The van der Waals surface area contributed by atoms with Crippen molar-refractivity contribution in [3.8, 4) is 0 Å². The average molecular weight is 440 g/mol. The minimum atomic E-state index is -1.20. The molecular weight excluding hydrogens is 414 g/mol. The summed E-state index contributed by atoms with van der Waals surface area (Å²) in [6, 6.07) is 21.3. The van der Waals surface area contributed by atoms with E-state index in [9.17, 15) is 9.59 Å². The van der Waals surface area contributed by atoms with E-state index in [-0.39, 0.29) is 17.9 Å². The van der Waals surface area contributed by atoms with Crippen LogP contribution in [-0.2, 0) is 21.8 Å². The number of carbonyl (C=O) groups is 2. The maximum absolute atomic E-state index is 13.7. The van der Waals surface area contributed by atoms with Crippen LogP contribution in [0.15, 0.2) is 66.7 Å². The highest BCUT2D eigenvalue weighted by Crippen LogP contribution is 2.52. The quantitative estimate of drug-likeness (QED) is 0.649. The average Bonchev–Trinajstić information content (AvgIpc) is 3.48. The Morgan fingerprint density at radius 2 is 1.94 bits per heavy atom. The van der Waals surface area contributed by atoms with Crippen LogP contribution in [0.25, 0.3) is 0 Å². The van der Waals surface area contributed by atoms with E-state index in [4.69, 9.17) is 4.98 Å². The lowest BCUT2D eigenvalue weighted by molar-refractivity contribution is -0.126. The number of nitrogens with one attached hydrogen (secondary N) is 2. The van der Waals surface area contributed by atoms with E-state index in [2.05, 4.69) is 15.5 Å².